The quantitative estimate of drug-likeness (QED) is 0.467. The molecule has 1 amide bonds. The van der Waals surface area contributed by atoms with Crippen molar-refractivity contribution < 1.29 is 4.79 Å². The highest BCUT2D eigenvalue weighted by molar-refractivity contribution is 5.96. The summed E-state index contributed by atoms with van der Waals surface area (Å²) in [7, 11) is 0. The predicted octanol–water partition coefficient (Wildman–Crippen LogP) is 3.62. The molecule has 0 aliphatic heterocycles. The maximum Gasteiger partial charge on any atom is 0.251 e. The Bertz CT molecular complexity index is 1260. The predicted molar refractivity (Wildman–Crippen MR) is 126 cm³/mol. The molecule has 9 heteroatoms. The van der Waals surface area contributed by atoms with Gasteiger partial charge in [0.15, 0.2) is 5.82 Å². The van der Waals surface area contributed by atoms with Gasteiger partial charge in [-0.2, -0.15) is 4.68 Å². The summed E-state index contributed by atoms with van der Waals surface area (Å²) in [4.78, 5) is 21.2. The summed E-state index contributed by atoms with van der Waals surface area (Å²) in [5.41, 5.74) is 10.6. The molecule has 0 spiro atoms. The number of carbonyl (C=O) groups is 1. The Labute approximate surface area is 192 Å². The van der Waals surface area contributed by atoms with Crippen molar-refractivity contribution in [3.05, 3.63) is 77.4 Å². The number of anilines is 1. The molecule has 2 heterocycles. The zero-order chi connectivity index (χ0) is 23.5. The summed E-state index contributed by atoms with van der Waals surface area (Å²) in [6.45, 7) is 7.96. The maximum atomic E-state index is 13.2. The van der Waals surface area contributed by atoms with E-state index in [2.05, 4.69) is 30.8 Å². The van der Waals surface area contributed by atoms with E-state index < -0.39 is 0 Å². The molecular weight excluding hydrogens is 416 g/mol. The van der Waals surface area contributed by atoms with Crippen molar-refractivity contribution in [3.8, 4) is 16.8 Å². The third-order valence-electron chi connectivity index (χ3n) is 5.36. The fourth-order valence-electron chi connectivity index (χ4n) is 3.45. The number of rotatable bonds is 6. The second-order valence-corrected chi connectivity index (χ2v) is 8.31. The largest absolute Gasteiger partial charge is 0.368 e. The second kappa shape index (κ2) is 9.15. The lowest BCUT2D eigenvalue weighted by molar-refractivity contribution is 0.0940. The van der Waals surface area contributed by atoms with Gasteiger partial charge in [-0.3, -0.25) is 4.79 Å². The number of nitrogens with zero attached hydrogens (tertiary/aromatic N) is 6. The molecule has 1 atom stereocenters. The molecule has 33 heavy (non-hydrogen) atoms. The van der Waals surface area contributed by atoms with Crippen molar-refractivity contribution in [2.24, 2.45) is 0 Å². The minimum atomic E-state index is -0.302. The molecule has 0 aliphatic rings. The van der Waals surface area contributed by atoms with Crippen molar-refractivity contribution in [1.82, 2.24) is 35.5 Å². The van der Waals surface area contributed by atoms with E-state index in [0.717, 1.165) is 33.8 Å². The molecule has 168 valence electrons. The van der Waals surface area contributed by atoms with Gasteiger partial charge in [0.2, 0.25) is 5.95 Å². The summed E-state index contributed by atoms with van der Waals surface area (Å²) in [5.74, 6) is 0.796. The molecule has 0 fully saturated rings. The van der Waals surface area contributed by atoms with Gasteiger partial charge in [0.05, 0.1) is 11.7 Å². The number of benzene rings is 2. The molecular formula is C24H26N8O. The van der Waals surface area contributed by atoms with Crippen LogP contribution < -0.4 is 11.1 Å². The van der Waals surface area contributed by atoms with E-state index >= 15 is 0 Å². The van der Waals surface area contributed by atoms with Crippen molar-refractivity contribution in [1.29, 1.82) is 0 Å². The van der Waals surface area contributed by atoms with E-state index in [0.29, 0.717) is 5.56 Å². The highest BCUT2D eigenvalue weighted by Gasteiger charge is 2.18. The summed E-state index contributed by atoms with van der Waals surface area (Å²) in [5, 5.41) is 15.2. The molecule has 0 saturated carbocycles. The average Bonchev–Trinajstić information content (AvgIpc) is 3.30. The molecule has 0 saturated heterocycles. The van der Waals surface area contributed by atoms with Gasteiger partial charge in [-0.1, -0.05) is 43.7 Å². The molecule has 0 aliphatic carbocycles. The molecule has 1 unspecified atom stereocenters. The van der Waals surface area contributed by atoms with Crippen LogP contribution in [0.1, 0.15) is 60.0 Å². The van der Waals surface area contributed by atoms with E-state index in [1.54, 1.807) is 23.1 Å². The Kier molecular flexibility index (Phi) is 6.12. The van der Waals surface area contributed by atoms with Gasteiger partial charge in [-0.15, -0.1) is 5.10 Å². The first-order chi connectivity index (χ1) is 15.8. The maximum absolute atomic E-state index is 13.2. The monoisotopic (exact) mass is 442 g/mol. The SMILES string of the molecule is Cc1ccc(-c2cc(C(=O)NC(C)c3cnc(N)nc3)cc(-n3nnnc3C(C)C)c2)cc1. The van der Waals surface area contributed by atoms with Gasteiger partial charge in [0.25, 0.3) is 5.91 Å². The highest BCUT2D eigenvalue weighted by Crippen LogP contribution is 2.26. The van der Waals surface area contributed by atoms with Crippen LogP contribution >= 0.6 is 0 Å². The van der Waals surface area contributed by atoms with E-state index in [-0.39, 0.29) is 23.8 Å². The van der Waals surface area contributed by atoms with E-state index in [4.69, 9.17) is 5.73 Å². The smallest absolute Gasteiger partial charge is 0.251 e. The van der Waals surface area contributed by atoms with Crippen LogP contribution in [0.5, 0.6) is 0 Å². The van der Waals surface area contributed by atoms with Gasteiger partial charge in [0.1, 0.15) is 0 Å². The van der Waals surface area contributed by atoms with Gasteiger partial charge in [-0.25, -0.2) is 9.97 Å². The van der Waals surface area contributed by atoms with Crippen molar-refractivity contribution >= 4 is 11.9 Å². The third-order valence-corrected chi connectivity index (χ3v) is 5.36. The van der Waals surface area contributed by atoms with Crippen LogP contribution in [-0.4, -0.2) is 36.1 Å². The number of nitrogens with two attached hydrogens (primary N) is 1. The van der Waals surface area contributed by atoms with Gasteiger partial charge < -0.3 is 11.1 Å². The number of carbonyl (C=O) groups excluding carboxylic acids is 1. The molecule has 4 rings (SSSR count). The fourth-order valence-corrected chi connectivity index (χ4v) is 3.45. The Morgan fingerprint density at radius 1 is 1.00 bits per heavy atom. The van der Waals surface area contributed by atoms with Gasteiger partial charge in [0, 0.05) is 29.4 Å². The lowest BCUT2D eigenvalue weighted by Crippen LogP contribution is -2.27. The van der Waals surface area contributed by atoms with Crippen LogP contribution in [0.2, 0.25) is 0 Å². The van der Waals surface area contributed by atoms with E-state index in [1.807, 2.05) is 64.1 Å². The van der Waals surface area contributed by atoms with Crippen LogP contribution in [-0.2, 0) is 0 Å². The summed E-state index contributed by atoms with van der Waals surface area (Å²) in [6, 6.07) is 13.5. The number of nitrogens with one attached hydrogen (secondary N) is 1. The zero-order valence-corrected chi connectivity index (χ0v) is 19.0. The van der Waals surface area contributed by atoms with Crippen LogP contribution in [0.15, 0.2) is 54.9 Å². The molecule has 2 aromatic carbocycles. The number of nitrogen functional groups attached to an aromatic ring is 1. The van der Waals surface area contributed by atoms with Crippen LogP contribution in [0.25, 0.3) is 16.8 Å². The Balaban J connectivity index is 1.73. The Hall–Kier alpha value is -4.14. The lowest BCUT2D eigenvalue weighted by Gasteiger charge is -2.16. The summed E-state index contributed by atoms with van der Waals surface area (Å²) < 4.78 is 1.68. The van der Waals surface area contributed by atoms with Crippen LogP contribution in [0, 0.1) is 6.92 Å². The summed E-state index contributed by atoms with van der Waals surface area (Å²) in [6.07, 6.45) is 3.22. The molecule has 3 N–H and O–H groups in total. The Morgan fingerprint density at radius 2 is 1.70 bits per heavy atom. The first-order valence-corrected chi connectivity index (χ1v) is 10.7. The number of amides is 1. The molecule has 2 aromatic heterocycles. The highest BCUT2D eigenvalue weighted by atomic mass is 16.1. The average molecular weight is 443 g/mol. The number of aryl methyl sites for hydroxylation is 1. The van der Waals surface area contributed by atoms with Gasteiger partial charge in [-0.05, 0) is 53.6 Å². The number of hydrogen-bond acceptors (Lipinski definition) is 7. The number of tetrazole rings is 1. The number of aromatic nitrogens is 6. The van der Waals surface area contributed by atoms with E-state index in [1.165, 1.54) is 0 Å². The Morgan fingerprint density at radius 3 is 2.36 bits per heavy atom. The van der Waals surface area contributed by atoms with Crippen molar-refractivity contribution in [3.63, 3.8) is 0 Å². The first-order valence-electron chi connectivity index (χ1n) is 10.7. The molecule has 4 aromatic rings. The van der Waals surface area contributed by atoms with Crippen molar-refractivity contribution in [2.75, 3.05) is 5.73 Å². The van der Waals surface area contributed by atoms with Crippen molar-refractivity contribution in [2.45, 2.75) is 39.7 Å². The molecule has 0 bridgehead atoms. The zero-order valence-electron chi connectivity index (χ0n) is 19.0. The minimum Gasteiger partial charge on any atom is -0.368 e. The fraction of sp³-hybridized carbons (Fsp3) is 0.250. The van der Waals surface area contributed by atoms with Crippen LogP contribution in [0.4, 0.5) is 5.95 Å². The normalized spacial score (nSPS) is 12.0. The standard InChI is InChI=1S/C24H26N8O/c1-14(2)22-29-30-31-32(22)21-10-18(17-7-5-15(3)6-8-17)9-19(11-21)23(33)28-16(4)20-12-26-24(25)27-13-20/h5-14,16H,1-4H3,(H,28,33)(H2,25,26,27). The molecule has 0 radical (unpaired) electrons. The minimum absolute atomic E-state index is 0.117. The topological polar surface area (TPSA) is 125 Å². The number of hydrogen-bond donors (Lipinski definition) is 2. The first kappa shape index (κ1) is 22.1. The lowest BCUT2D eigenvalue weighted by atomic mass is 10.00. The summed E-state index contributed by atoms with van der Waals surface area (Å²) >= 11 is 0. The molecule has 9 nitrogen and oxygen atoms in total. The van der Waals surface area contributed by atoms with Crippen LogP contribution in [0.3, 0.4) is 0 Å². The van der Waals surface area contributed by atoms with E-state index in [9.17, 15) is 4.79 Å². The van der Waals surface area contributed by atoms with Gasteiger partial charge >= 0.3 is 0 Å². The third kappa shape index (κ3) is 4.87. The second-order valence-electron chi connectivity index (χ2n) is 8.31.